The van der Waals surface area contributed by atoms with E-state index < -0.39 is 0 Å². The smallest absolute Gasteiger partial charge is 0.262 e. The Labute approximate surface area is 221 Å². The molecule has 3 aromatic rings. The number of hydrogen-bond donors (Lipinski definition) is 0. The van der Waals surface area contributed by atoms with E-state index in [-0.39, 0.29) is 0 Å². The van der Waals surface area contributed by atoms with Crippen molar-refractivity contribution >= 4 is 45.1 Å². The standard InChI is InChI=1S/C30H31N2O2S2/c1-31-25-17-23(33-3)9-11-27(25)35-29(31)15-19-5-7-21-8-6-20(14-22(21)13-19)16-30-32(2)26-18-24(34-4)10-12-28(26)36-30/h9-18,21H,5-8H2,1-4H3/q+1. The first-order chi connectivity index (χ1) is 17.5. The van der Waals surface area contributed by atoms with Gasteiger partial charge in [0.05, 0.1) is 31.0 Å². The molecular weight excluding hydrogens is 484 g/mol. The molecule has 2 heterocycles. The molecule has 0 saturated carbocycles. The third-order valence-corrected chi connectivity index (χ3v) is 9.83. The fourth-order valence-electron chi connectivity index (χ4n) is 5.35. The van der Waals surface area contributed by atoms with Crippen LogP contribution in [0.1, 0.15) is 30.7 Å². The molecule has 0 bridgehead atoms. The number of allylic oxidation sites excluding steroid dienone is 6. The number of nitrogens with zero attached hydrogens (tertiary/aromatic N) is 2. The Balaban J connectivity index is 1.28. The summed E-state index contributed by atoms with van der Waals surface area (Å²) in [7, 11) is 7.75. The molecule has 3 aliphatic rings. The molecule has 0 N–H and O–H groups in total. The zero-order valence-electron chi connectivity index (χ0n) is 21.2. The minimum Gasteiger partial charge on any atom is -0.497 e. The molecule has 6 rings (SSSR count). The molecule has 184 valence electrons. The average molecular weight is 516 g/mol. The molecule has 1 aliphatic heterocycles. The first kappa shape index (κ1) is 23.4. The van der Waals surface area contributed by atoms with Crippen LogP contribution >= 0.6 is 23.1 Å². The number of hydrogen-bond acceptors (Lipinski definition) is 5. The SMILES string of the molecule is COc1ccc2c(c1)N(C)/C(=C/C1=CC3=C/C(=C/c4sc5ccc(OC)cc5[n+]4C)CCC3CC1)S2. The topological polar surface area (TPSA) is 25.6 Å². The Morgan fingerprint density at radius 1 is 0.972 bits per heavy atom. The van der Waals surface area contributed by atoms with Gasteiger partial charge < -0.3 is 14.4 Å². The van der Waals surface area contributed by atoms with Gasteiger partial charge in [-0.2, -0.15) is 4.57 Å². The van der Waals surface area contributed by atoms with Gasteiger partial charge in [-0.3, -0.25) is 0 Å². The number of aryl methyl sites for hydroxylation is 1. The highest BCUT2D eigenvalue weighted by molar-refractivity contribution is 8.03. The van der Waals surface area contributed by atoms with E-state index in [0.717, 1.165) is 24.3 Å². The van der Waals surface area contributed by atoms with E-state index in [2.05, 4.69) is 72.1 Å². The maximum Gasteiger partial charge on any atom is 0.262 e. The summed E-state index contributed by atoms with van der Waals surface area (Å²) in [5.74, 6) is 2.49. The van der Waals surface area contributed by atoms with Gasteiger partial charge >= 0.3 is 0 Å². The number of fused-ring (bicyclic) bond motifs is 3. The van der Waals surface area contributed by atoms with E-state index in [1.165, 1.54) is 60.4 Å². The molecule has 0 saturated heterocycles. The van der Waals surface area contributed by atoms with Crippen molar-refractivity contribution in [1.29, 1.82) is 0 Å². The van der Waals surface area contributed by atoms with Crippen LogP contribution < -0.4 is 18.9 Å². The highest BCUT2D eigenvalue weighted by atomic mass is 32.2. The number of anilines is 1. The predicted molar refractivity (Wildman–Crippen MR) is 151 cm³/mol. The van der Waals surface area contributed by atoms with Crippen molar-refractivity contribution < 1.29 is 14.0 Å². The summed E-state index contributed by atoms with van der Waals surface area (Å²) >= 11 is 3.69. The van der Waals surface area contributed by atoms with Crippen LogP contribution in [-0.2, 0) is 7.05 Å². The van der Waals surface area contributed by atoms with Gasteiger partial charge in [0.15, 0.2) is 0 Å². The minimum atomic E-state index is 0.681. The van der Waals surface area contributed by atoms with Crippen molar-refractivity contribution in [3.05, 3.63) is 81.4 Å². The Morgan fingerprint density at radius 2 is 1.75 bits per heavy atom. The Hall–Kier alpha value is -2.96. The molecule has 0 radical (unpaired) electrons. The van der Waals surface area contributed by atoms with Gasteiger partial charge in [0.2, 0.25) is 5.52 Å². The number of ether oxygens (including phenoxy) is 2. The number of methoxy groups -OCH3 is 2. The molecular formula is C30H31N2O2S2+. The van der Waals surface area contributed by atoms with E-state index in [4.69, 9.17) is 9.47 Å². The quantitative estimate of drug-likeness (QED) is 0.341. The zero-order valence-corrected chi connectivity index (χ0v) is 22.8. The molecule has 0 fully saturated rings. The Morgan fingerprint density at radius 3 is 2.58 bits per heavy atom. The lowest BCUT2D eigenvalue weighted by atomic mass is 9.77. The number of thiazole rings is 1. The predicted octanol–water partition coefficient (Wildman–Crippen LogP) is 7.27. The molecule has 2 aliphatic carbocycles. The van der Waals surface area contributed by atoms with Gasteiger partial charge in [-0.1, -0.05) is 35.3 Å². The van der Waals surface area contributed by atoms with E-state index in [1.807, 2.05) is 35.2 Å². The lowest BCUT2D eigenvalue weighted by Crippen LogP contribution is -2.29. The van der Waals surface area contributed by atoms with Crippen molar-refractivity contribution in [2.24, 2.45) is 13.0 Å². The summed E-state index contributed by atoms with van der Waals surface area (Å²) in [6, 6.07) is 12.7. The number of aromatic nitrogens is 1. The first-order valence-corrected chi connectivity index (χ1v) is 14.1. The Bertz CT molecular complexity index is 1480. The molecule has 36 heavy (non-hydrogen) atoms. The summed E-state index contributed by atoms with van der Waals surface area (Å²) in [6.07, 6.45) is 14.4. The molecule has 1 unspecified atom stereocenters. The highest BCUT2D eigenvalue weighted by Crippen LogP contribution is 2.47. The zero-order chi connectivity index (χ0) is 24.8. The normalized spacial score (nSPS) is 21.4. The van der Waals surface area contributed by atoms with Crippen LogP contribution in [0.25, 0.3) is 16.3 Å². The monoisotopic (exact) mass is 515 g/mol. The molecule has 6 heteroatoms. The van der Waals surface area contributed by atoms with Crippen molar-refractivity contribution in [2.75, 3.05) is 26.2 Å². The molecule has 4 nitrogen and oxygen atoms in total. The second-order valence-electron chi connectivity index (χ2n) is 9.67. The fraction of sp³-hybridized carbons (Fsp3) is 0.300. The van der Waals surface area contributed by atoms with Crippen LogP contribution in [-0.4, -0.2) is 21.3 Å². The van der Waals surface area contributed by atoms with Gasteiger partial charge in [-0.05, 0) is 78.7 Å². The van der Waals surface area contributed by atoms with Crippen molar-refractivity contribution in [1.82, 2.24) is 0 Å². The van der Waals surface area contributed by atoms with Gasteiger partial charge in [0.1, 0.15) is 23.2 Å². The fourth-order valence-corrected chi connectivity index (χ4v) is 7.57. The van der Waals surface area contributed by atoms with E-state index in [0.29, 0.717) is 5.92 Å². The van der Waals surface area contributed by atoms with E-state index in [9.17, 15) is 0 Å². The third-order valence-electron chi connectivity index (χ3n) is 7.50. The van der Waals surface area contributed by atoms with Crippen LogP contribution in [0.2, 0.25) is 0 Å². The summed E-state index contributed by atoms with van der Waals surface area (Å²) in [5, 5.41) is 2.56. The van der Waals surface area contributed by atoms with Crippen molar-refractivity contribution in [2.45, 2.75) is 30.6 Å². The number of rotatable bonds is 4. The van der Waals surface area contributed by atoms with Gasteiger partial charge in [-0.15, -0.1) is 0 Å². The maximum atomic E-state index is 5.43. The summed E-state index contributed by atoms with van der Waals surface area (Å²) in [6.45, 7) is 0. The number of benzene rings is 2. The second kappa shape index (κ2) is 9.49. The largest absolute Gasteiger partial charge is 0.497 e. The van der Waals surface area contributed by atoms with Crippen LogP contribution in [0.4, 0.5) is 5.69 Å². The van der Waals surface area contributed by atoms with Crippen LogP contribution in [0.3, 0.4) is 0 Å². The van der Waals surface area contributed by atoms with Gasteiger partial charge in [0, 0.05) is 24.1 Å². The summed E-state index contributed by atoms with van der Waals surface area (Å²) in [4.78, 5) is 3.57. The number of thioether (sulfide) groups is 1. The lowest BCUT2D eigenvalue weighted by Gasteiger charge is -2.28. The lowest BCUT2D eigenvalue weighted by molar-refractivity contribution is -0.642. The third kappa shape index (κ3) is 4.27. The maximum absolute atomic E-state index is 5.43. The highest BCUT2D eigenvalue weighted by Gasteiger charge is 2.26. The Kier molecular flexibility index (Phi) is 6.18. The van der Waals surface area contributed by atoms with Gasteiger partial charge in [-0.25, -0.2) is 0 Å². The van der Waals surface area contributed by atoms with Crippen LogP contribution in [0.5, 0.6) is 11.5 Å². The van der Waals surface area contributed by atoms with Gasteiger partial charge in [0.25, 0.3) is 5.01 Å². The molecule has 0 spiro atoms. The second-order valence-corrected chi connectivity index (χ2v) is 11.8. The molecule has 1 atom stereocenters. The first-order valence-electron chi connectivity index (χ1n) is 12.4. The van der Waals surface area contributed by atoms with E-state index in [1.54, 1.807) is 14.2 Å². The van der Waals surface area contributed by atoms with Crippen LogP contribution in [0, 0.1) is 5.92 Å². The summed E-state index contributed by atoms with van der Waals surface area (Å²) in [5.41, 5.74) is 6.77. The molecule has 1 aromatic heterocycles. The molecule has 2 aromatic carbocycles. The molecule has 0 amide bonds. The van der Waals surface area contributed by atoms with Crippen molar-refractivity contribution in [3.63, 3.8) is 0 Å². The summed E-state index contributed by atoms with van der Waals surface area (Å²) < 4.78 is 14.4. The average Bonchev–Trinajstić information content (AvgIpc) is 3.38. The van der Waals surface area contributed by atoms with E-state index >= 15 is 0 Å². The minimum absolute atomic E-state index is 0.681. The van der Waals surface area contributed by atoms with Crippen molar-refractivity contribution in [3.8, 4) is 11.5 Å². The van der Waals surface area contributed by atoms with Crippen LogP contribution in [0.15, 0.2) is 81.3 Å².